The van der Waals surface area contributed by atoms with Gasteiger partial charge in [0.2, 0.25) is 0 Å². The Hall–Kier alpha value is -3.60. The Bertz CT molecular complexity index is 1650. The minimum Gasteiger partial charge on any atom is -0.481 e. The van der Waals surface area contributed by atoms with Crippen molar-refractivity contribution in [3.8, 4) is 11.1 Å². The summed E-state index contributed by atoms with van der Waals surface area (Å²) in [5, 5.41) is 17.1. The summed E-state index contributed by atoms with van der Waals surface area (Å²) in [4.78, 5) is 40.8. The molecule has 5 rings (SSSR count). The molecule has 1 amide bonds. The number of carbonyl (C=O) groups excluding carboxylic acids is 1. The van der Waals surface area contributed by atoms with Crippen LogP contribution in [0.25, 0.3) is 21.3 Å². The van der Waals surface area contributed by atoms with Gasteiger partial charge in [0.15, 0.2) is 0 Å². The summed E-state index contributed by atoms with van der Waals surface area (Å²) in [6.45, 7) is 0. The second-order valence-electron chi connectivity index (χ2n) is 8.62. The van der Waals surface area contributed by atoms with Crippen LogP contribution in [0.1, 0.15) is 30.0 Å². The summed E-state index contributed by atoms with van der Waals surface area (Å²) < 4.78 is 29.4. The summed E-state index contributed by atoms with van der Waals surface area (Å²) in [5.74, 6) is -7.84. The van der Waals surface area contributed by atoms with E-state index < -0.39 is 35.8 Å². The standard InChI is InChI=1S/C26H17Cl2F2N3O4S/c27-15-5-1-13(2-6-15)19-11-18(32-33(19)25(37)26(29,30)12-20(34)35)22-21(14-3-7-16(28)8-4-14)17-9-10-38-24(17)31-23(22)36/h1-10,19H,11-12H2,(H,31,36)(H,34,35)/t19-/m1/s1. The lowest BCUT2D eigenvalue weighted by Crippen LogP contribution is -2.42. The molecule has 0 aliphatic carbocycles. The molecule has 38 heavy (non-hydrogen) atoms. The molecule has 0 unspecified atom stereocenters. The quantitative estimate of drug-likeness (QED) is 0.279. The fourth-order valence-corrected chi connectivity index (χ4v) is 5.48. The van der Waals surface area contributed by atoms with Gasteiger partial charge in [0.05, 0.1) is 17.3 Å². The number of carboxylic acids is 1. The zero-order valence-corrected chi connectivity index (χ0v) is 21.6. The highest BCUT2D eigenvalue weighted by molar-refractivity contribution is 7.16. The molecule has 0 saturated carbocycles. The van der Waals surface area contributed by atoms with Crippen molar-refractivity contribution < 1.29 is 23.5 Å². The lowest BCUT2D eigenvalue weighted by atomic mass is 9.92. The number of halogens is 4. The zero-order chi connectivity index (χ0) is 27.2. The molecule has 2 aromatic carbocycles. The average molecular weight is 576 g/mol. The van der Waals surface area contributed by atoms with E-state index in [2.05, 4.69) is 10.1 Å². The van der Waals surface area contributed by atoms with E-state index >= 15 is 0 Å². The molecule has 0 saturated heterocycles. The van der Waals surface area contributed by atoms with Gasteiger partial charge in [-0.1, -0.05) is 47.5 Å². The molecule has 4 aromatic rings. The number of fused-ring (bicyclic) bond motifs is 1. The molecule has 0 radical (unpaired) electrons. The second-order valence-corrected chi connectivity index (χ2v) is 10.4. The first-order valence-corrected chi connectivity index (χ1v) is 12.8. The Labute approximate surface area is 227 Å². The van der Waals surface area contributed by atoms with Crippen LogP contribution in [0.4, 0.5) is 8.78 Å². The minimum absolute atomic E-state index is 0.0736. The number of rotatable bonds is 6. The highest BCUT2D eigenvalue weighted by Gasteiger charge is 2.49. The molecule has 2 aromatic heterocycles. The number of amides is 1. The lowest BCUT2D eigenvalue weighted by molar-refractivity contribution is -0.167. The smallest absolute Gasteiger partial charge is 0.337 e. The number of aromatic amines is 1. The monoisotopic (exact) mass is 575 g/mol. The number of pyridine rings is 1. The van der Waals surface area contributed by atoms with Gasteiger partial charge < -0.3 is 10.1 Å². The second kappa shape index (κ2) is 9.94. The van der Waals surface area contributed by atoms with Crippen molar-refractivity contribution in [2.45, 2.75) is 24.8 Å². The Morgan fingerprint density at radius 1 is 1.05 bits per heavy atom. The summed E-state index contributed by atoms with van der Waals surface area (Å²) in [6.07, 6.45) is -1.77. The van der Waals surface area contributed by atoms with Crippen LogP contribution in [0.2, 0.25) is 10.0 Å². The number of nitrogens with one attached hydrogen (secondary N) is 1. The van der Waals surface area contributed by atoms with Crippen LogP contribution in [0, 0.1) is 0 Å². The summed E-state index contributed by atoms with van der Waals surface area (Å²) in [7, 11) is 0. The van der Waals surface area contributed by atoms with Gasteiger partial charge in [-0.2, -0.15) is 13.9 Å². The SMILES string of the molecule is O=C(O)CC(F)(F)C(=O)N1N=C(c2c(-c3ccc(Cl)cc3)c3ccsc3[nH]c2=O)C[C@@H]1c1ccc(Cl)cc1. The Morgan fingerprint density at radius 3 is 2.32 bits per heavy atom. The Balaban J connectivity index is 1.70. The zero-order valence-electron chi connectivity index (χ0n) is 19.3. The van der Waals surface area contributed by atoms with Crippen molar-refractivity contribution >= 4 is 62.3 Å². The number of thiophene rings is 1. The molecule has 2 N–H and O–H groups in total. The molecule has 0 spiro atoms. The van der Waals surface area contributed by atoms with E-state index in [1.807, 2.05) is 6.07 Å². The fraction of sp³-hybridized carbons (Fsp3) is 0.154. The lowest BCUT2D eigenvalue weighted by Gasteiger charge is -2.25. The van der Waals surface area contributed by atoms with Crippen molar-refractivity contribution in [2.75, 3.05) is 0 Å². The molecule has 1 atom stereocenters. The van der Waals surface area contributed by atoms with Crippen molar-refractivity contribution in [1.82, 2.24) is 9.99 Å². The maximum atomic E-state index is 14.7. The molecular formula is C26H17Cl2F2N3O4S. The third-order valence-electron chi connectivity index (χ3n) is 6.12. The third-order valence-corrected chi connectivity index (χ3v) is 7.45. The van der Waals surface area contributed by atoms with Gasteiger partial charge in [-0.15, -0.1) is 11.3 Å². The highest BCUT2D eigenvalue weighted by Crippen LogP contribution is 2.40. The maximum Gasteiger partial charge on any atom is 0.337 e. The van der Waals surface area contributed by atoms with Crippen LogP contribution in [-0.4, -0.2) is 38.6 Å². The molecule has 7 nitrogen and oxygen atoms in total. The molecular weight excluding hydrogens is 559 g/mol. The highest BCUT2D eigenvalue weighted by atomic mass is 35.5. The number of carbonyl (C=O) groups is 2. The average Bonchev–Trinajstić information content (AvgIpc) is 3.50. The van der Waals surface area contributed by atoms with Crippen LogP contribution in [0.5, 0.6) is 0 Å². The van der Waals surface area contributed by atoms with E-state index in [1.54, 1.807) is 41.8 Å². The molecule has 0 bridgehead atoms. The van der Waals surface area contributed by atoms with Crippen molar-refractivity contribution in [3.05, 3.63) is 91.5 Å². The fourth-order valence-electron chi connectivity index (χ4n) is 4.43. The molecule has 194 valence electrons. The van der Waals surface area contributed by atoms with E-state index in [-0.39, 0.29) is 17.7 Å². The molecule has 0 fully saturated rings. The van der Waals surface area contributed by atoms with Gasteiger partial charge in [0, 0.05) is 27.4 Å². The third kappa shape index (κ3) is 4.82. The first-order chi connectivity index (χ1) is 18.0. The van der Waals surface area contributed by atoms with Gasteiger partial charge >= 0.3 is 17.8 Å². The molecule has 1 aliphatic heterocycles. The normalized spacial score (nSPS) is 15.6. The van der Waals surface area contributed by atoms with Crippen LogP contribution in [0.3, 0.4) is 0 Å². The van der Waals surface area contributed by atoms with E-state index in [0.29, 0.717) is 42.0 Å². The number of aliphatic carboxylic acids is 1. The minimum atomic E-state index is -4.22. The van der Waals surface area contributed by atoms with Crippen LogP contribution < -0.4 is 5.56 Å². The van der Waals surface area contributed by atoms with E-state index in [1.165, 1.54) is 23.5 Å². The van der Waals surface area contributed by atoms with Crippen molar-refractivity contribution in [1.29, 1.82) is 0 Å². The van der Waals surface area contributed by atoms with Crippen molar-refractivity contribution in [3.63, 3.8) is 0 Å². The summed E-state index contributed by atoms with van der Waals surface area (Å²) in [5.41, 5.74) is 1.31. The number of H-pyrrole nitrogens is 1. The summed E-state index contributed by atoms with van der Waals surface area (Å²) >= 11 is 13.4. The number of hydrazone groups is 1. The van der Waals surface area contributed by atoms with Gasteiger partial charge in [-0.25, -0.2) is 5.01 Å². The number of benzene rings is 2. The number of carboxylic acid groups (broad SMARTS) is 1. The van der Waals surface area contributed by atoms with E-state index in [0.717, 1.165) is 0 Å². The topological polar surface area (TPSA) is 103 Å². The molecule has 1 aliphatic rings. The van der Waals surface area contributed by atoms with Crippen LogP contribution in [0.15, 0.2) is 69.9 Å². The number of hydrogen-bond donors (Lipinski definition) is 2. The number of aromatic nitrogens is 1. The van der Waals surface area contributed by atoms with Crippen molar-refractivity contribution in [2.24, 2.45) is 5.10 Å². The van der Waals surface area contributed by atoms with Gasteiger partial charge in [-0.3, -0.25) is 14.4 Å². The van der Waals surface area contributed by atoms with Gasteiger partial charge in [0.25, 0.3) is 5.56 Å². The molecule has 12 heteroatoms. The maximum absolute atomic E-state index is 14.7. The van der Waals surface area contributed by atoms with Crippen LogP contribution >= 0.6 is 34.5 Å². The summed E-state index contributed by atoms with van der Waals surface area (Å²) in [6, 6.07) is 13.8. The van der Waals surface area contributed by atoms with E-state index in [9.17, 15) is 23.2 Å². The Morgan fingerprint density at radius 2 is 1.68 bits per heavy atom. The first kappa shape index (κ1) is 26.0. The Kier molecular flexibility index (Phi) is 6.81. The van der Waals surface area contributed by atoms with Gasteiger partial charge in [-0.05, 0) is 46.8 Å². The number of nitrogens with zero attached hydrogens (tertiary/aromatic N) is 2. The first-order valence-electron chi connectivity index (χ1n) is 11.2. The predicted octanol–water partition coefficient (Wildman–Crippen LogP) is 6.35. The van der Waals surface area contributed by atoms with Gasteiger partial charge in [0.1, 0.15) is 11.3 Å². The largest absolute Gasteiger partial charge is 0.481 e. The predicted molar refractivity (Wildman–Crippen MR) is 142 cm³/mol. The number of alkyl halides is 2. The molecule has 3 heterocycles. The van der Waals surface area contributed by atoms with Crippen LogP contribution in [-0.2, 0) is 9.59 Å². The van der Waals surface area contributed by atoms with E-state index in [4.69, 9.17) is 28.3 Å². The number of hydrogen-bond acceptors (Lipinski definition) is 5.